The van der Waals surface area contributed by atoms with Gasteiger partial charge in [0.05, 0.1) is 7.11 Å². The standard InChI is InChI=1S/C21H28O4.C3H8/c1-7-17(18-9-8-10-20(24-6)15(4)11-18)12-19(14(2)3)16(5)25-13-21(22)23;1-3-2/h7,9-12,14H,5,8,13H2,1-4,6H3,(H,22,23);3H2,1-2H3/b17-7+,19-12-;. The highest BCUT2D eigenvalue weighted by Crippen LogP contribution is 2.28. The van der Waals surface area contributed by atoms with Gasteiger partial charge < -0.3 is 14.6 Å². The van der Waals surface area contributed by atoms with Gasteiger partial charge in [-0.15, -0.1) is 0 Å². The van der Waals surface area contributed by atoms with Gasteiger partial charge in [0.1, 0.15) is 11.5 Å². The molecule has 1 aliphatic carbocycles. The zero-order valence-electron chi connectivity index (χ0n) is 18.5. The number of ether oxygens (including phenoxy) is 2. The first kappa shape index (κ1) is 25.5. The molecule has 1 rings (SSSR count). The highest BCUT2D eigenvalue weighted by atomic mass is 16.5. The number of hydrogen-bond acceptors (Lipinski definition) is 3. The van der Waals surface area contributed by atoms with E-state index in [0.717, 1.165) is 34.5 Å². The third-order valence-electron chi connectivity index (χ3n) is 3.89. The number of methoxy groups -OCH3 is 1. The predicted octanol–water partition coefficient (Wildman–Crippen LogP) is 6.35. The number of carbonyl (C=O) groups is 1. The lowest BCUT2D eigenvalue weighted by Gasteiger charge is -2.16. The molecule has 1 aliphatic rings. The van der Waals surface area contributed by atoms with E-state index < -0.39 is 12.6 Å². The van der Waals surface area contributed by atoms with Crippen LogP contribution in [0.4, 0.5) is 0 Å². The quantitative estimate of drug-likeness (QED) is 0.389. The van der Waals surface area contributed by atoms with Crippen LogP contribution in [0, 0.1) is 5.92 Å². The van der Waals surface area contributed by atoms with E-state index in [1.54, 1.807) is 7.11 Å². The second-order valence-electron chi connectivity index (χ2n) is 6.81. The van der Waals surface area contributed by atoms with Crippen LogP contribution in [0.15, 0.2) is 70.8 Å². The van der Waals surface area contributed by atoms with Gasteiger partial charge >= 0.3 is 5.97 Å². The van der Waals surface area contributed by atoms with E-state index in [1.807, 2.05) is 45.9 Å². The molecular formula is C24H36O4. The van der Waals surface area contributed by atoms with Crippen LogP contribution in [0.2, 0.25) is 0 Å². The van der Waals surface area contributed by atoms with Crippen LogP contribution in [-0.4, -0.2) is 24.8 Å². The number of aliphatic carboxylic acids is 1. The van der Waals surface area contributed by atoms with Gasteiger partial charge in [-0.2, -0.15) is 0 Å². The molecule has 0 aliphatic heterocycles. The summed E-state index contributed by atoms with van der Waals surface area (Å²) in [6.45, 7) is 15.8. The average Bonchev–Trinajstić information content (AvgIpc) is 2.82. The molecule has 0 heterocycles. The molecule has 0 unspecified atom stereocenters. The zero-order chi connectivity index (χ0) is 21.7. The highest BCUT2D eigenvalue weighted by molar-refractivity contribution is 5.68. The van der Waals surface area contributed by atoms with Crippen molar-refractivity contribution in [2.75, 3.05) is 13.7 Å². The molecule has 0 amide bonds. The normalized spacial score (nSPS) is 14.8. The van der Waals surface area contributed by atoms with Crippen LogP contribution in [0.5, 0.6) is 0 Å². The number of allylic oxidation sites excluding steroid dienone is 9. The molecule has 0 aromatic heterocycles. The van der Waals surface area contributed by atoms with Crippen molar-refractivity contribution in [2.24, 2.45) is 5.92 Å². The van der Waals surface area contributed by atoms with Crippen molar-refractivity contribution in [2.45, 2.75) is 54.4 Å². The molecule has 0 aromatic rings. The zero-order valence-corrected chi connectivity index (χ0v) is 18.5. The molecule has 0 saturated carbocycles. The van der Waals surface area contributed by atoms with Crippen LogP contribution in [0.25, 0.3) is 0 Å². The second-order valence-corrected chi connectivity index (χ2v) is 6.81. The monoisotopic (exact) mass is 388 g/mol. The van der Waals surface area contributed by atoms with Crippen molar-refractivity contribution in [1.29, 1.82) is 0 Å². The van der Waals surface area contributed by atoms with Gasteiger partial charge in [-0.1, -0.05) is 52.8 Å². The lowest BCUT2D eigenvalue weighted by Crippen LogP contribution is -2.09. The number of rotatable bonds is 8. The maximum atomic E-state index is 10.7. The molecule has 156 valence electrons. The van der Waals surface area contributed by atoms with Crippen molar-refractivity contribution >= 4 is 5.97 Å². The van der Waals surface area contributed by atoms with Gasteiger partial charge in [0.2, 0.25) is 0 Å². The van der Waals surface area contributed by atoms with Crippen molar-refractivity contribution in [3.8, 4) is 0 Å². The summed E-state index contributed by atoms with van der Waals surface area (Å²) >= 11 is 0. The molecule has 0 atom stereocenters. The van der Waals surface area contributed by atoms with E-state index in [-0.39, 0.29) is 5.92 Å². The smallest absolute Gasteiger partial charge is 0.341 e. The minimum absolute atomic E-state index is 0.153. The Bertz CT molecular complexity index is 685. The summed E-state index contributed by atoms with van der Waals surface area (Å²) in [6, 6.07) is 0. The average molecular weight is 389 g/mol. The molecular weight excluding hydrogens is 352 g/mol. The van der Waals surface area contributed by atoms with Crippen LogP contribution in [0.1, 0.15) is 54.4 Å². The van der Waals surface area contributed by atoms with Crippen molar-refractivity contribution in [3.05, 3.63) is 70.8 Å². The van der Waals surface area contributed by atoms with Gasteiger partial charge in [-0.05, 0) is 66.7 Å². The first-order valence-corrected chi connectivity index (χ1v) is 9.76. The van der Waals surface area contributed by atoms with Crippen molar-refractivity contribution < 1.29 is 19.4 Å². The number of carboxylic acid groups (broad SMARTS) is 1. The summed E-state index contributed by atoms with van der Waals surface area (Å²) in [6.07, 6.45) is 12.4. The molecule has 0 aromatic carbocycles. The number of carboxylic acids is 1. The van der Waals surface area contributed by atoms with E-state index in [0.29, 0.717) is 5.76 Å². The van der Waals surface area contributed by atoms with Crippen LogP contribution < -0.4 is 0 Å². The molecule has 0 spiro atoms. The third-order valence-corrected chi connectivity index (χ3v) is 3.89. The largest absolute Gasteiger partial charge is 0.497 e. The van der Waals surface area contributed by atoms with Crippen molar-refractivity contribution in [3.63, 3.8) is 0 Å². The minimum atomic E-state index is -1.02. The van der Waals surface area contributed by atoms with E-state index in [1.165, 1.54) is 6.42 Å². The van der Waals surface area contributed by atoms with Gasteiger partial charge in [-0.25, -0.2) is 4.79 Å². The Balaban J connectivity index is 0.00000227. The van der Waals surface area contributed by atoms with Gasteiger partial charge in [0, 0.05) is 0 Å². The van der Waals surface area contributed by atoms with Crippen molar-refractivity contribution in [1.82, 2.24) is 0 Å². The van der Waals surface area contributed by atoms with E-state index in [9.17, 15) is 4.79 Å². The maximum absolute atomic E-state index is 10.7. The Morgan fingerprint density at radius 3 is 2.39 bits per heavy atom. The molecule has 0 saturated heterocycles. The summed E-state index contributed by atoms with van der Waals surface area (Å²) < 4.78 is 10.7. The van der Waals surface area contributed by atoms with Gasteiger partial charge in [0.15, 0.2) is 6.61 Å². The summed E-state index contributed by atoms with van der Waals surface area (Å²) in [4.78, 5) is 10.7. The maximum Gasteiger partial charge on any atom is 0.341 e. The Hall–Kier alpha value is -2.49. The lowest BCUT2D eigenvalue weighted by molar-refractivity contribution is -0.140. The van der Waals surface area contributed by atoms with Gasteiger partial charge in [-0.3, -0.25) is 0 Å². The molecule has 4 nitrogen and oxygen atoms in total. The Kier molecular flexibility index (Phi) is 12.4. The fraction of sp³-hybridized carbons (Fsp3) is 0.458. The highest BCUT2D eigenvalue weighted by Gasteiger charge is 2.13. The Morgan fingerprint density at radius 2 is 1.93 bits per heavy atom. The molecule has 0 radical (unpaired) electrons. The third kappa shape index (κ3) is 8.94. The molecule has 1 N–H and O–H groups in total. The minimum Gasteiger partial charge on any atom is -0.497 e. The first-order chi connectivity index (χ1) is 13.2. The summed E-state index contributed by atoms with van der Waals surface area (Å²) in [7, 11) is 1.67. The van der Waals surface area contributed by atoms with E-state index >= 15 is 0 Å². The summed E-state index contributed by atoms with van der Waals surface area (Å²) in [5, 5.41) is 8.79. The predicted molar refractivity (Wildman–Crippen MR) is 117 cm³/mol. The Labute approximate surface area is 170 Å². The molecule has 0 fully saturated rings. The van der Waals surface area contributed by atoms with Crippen LogP contribution >= 0.6 is 0 Å². The van der Waals surface area contributed by atoms with Crippen LogP contribution in [0.3, 0.4) is 0 Å². The fourth-order valence-corrected chi connectivity index (χ4v) is 2.56. The van der Waals surface area contributed by atoms with E-state index in [2.05, 4.69) is 32.6 Å². The number of hydrogen-bond donors (Lipinski definition) is 1. The molecule has 28 heavy (non-hydrogen) atoms. The topological polar surface area (TPSA) is 55.8 Å². The van der Waals surface area contributed by atoms with Crippen LogP contribution in [-0.2, 0) is 14.3 Å². The Morgan fingerprint density at radius 1 is 1.32 bits per heavy atom. The van der Waals surface area contributed by atoms with Gasteiger partial charge in [0.25, 0.3) is 0 Å². The van der Waals surface area contributed by atoms with E-state index in [4.69, 9.17) is 14.6 Å². The SMILES string of the molecule is C=C(OCC(=O)O)/C(=C\C(=C/C)C1=CCC=C(OC)C(C)=C1)C(C)C.CCC. The summed E-state index contributed by atoms with van der Waals surface area (Å²) in [5.41, 5.74) is 4.07. The summed E-state index contributed by atoms with van der Waals surface area (Å²) in [5.74, 6) is 0.408. The molecule has 0 bridgehead atoms. The second kappa shape index (κ2) is 13.6. The molecule has 4 heteroatoms. The first-order valence-electron chi connectivity index (χ1n) is 9.76. The fourth-order valence-electron chi connectivity index (χ4n) is 2.56. The lowest BCUT2D eigenvalue weighted by atomic mass is 9.94.